The normalized spacial score (nSPS) is 23.0. The first-order chi connectivity index (χ1) is 10.7. The molecule has 1 heteroatoms. The molecule has 3 rings (SSSR count). The van der Waals surface area contributed by atoms with Crippen LogP contribution in [-0.4, -0.2) is 16.3 Å². The van der Waals surface area contributed by atoms with E-state index in [1.807, 2.05) is 0 Å². The second-order valence-electron chi connectivity index (χ2n) is 8.02. The van der Waals surface area contributed by atoms with E-state index in [2.05, 4.69) is 94.8 Å². The highest BCUT2D eigenvalue weighted by Crippen LogP contribution is 2.42. The van der Waals surface area contributed by atoms with Crippen LogP contribution in [0.2, 0.25) is 0 Å². The van der Waals surface area contributed by atoms with Crippen LogP contribution in [0.3, 0.4) is 0 Å². The molecule has 0 spiro atoms. The van der Waals surface area contributed by atoms with Crippen LogP contribution >= 0.6 is 0 Å². The predicted octanol–water partition coefficient (Wildman–Crippen LogP) is 5.47. The summed E-state index contributed by atoms with van der Waals surface area (Å²) in [5.74, 6) is 0. The quantitative estimate of drug-likeness (QED) is 0.647. The molecule has 2 aromatic rings. The van der Waals surface area contributed by atoms with Crippen molar-refractivity contribution in [3.05, 3.63) is 64.7 Å². The molecule has 0 aromatic heterocycles. The highest BCUT2D eigenvalue weighted by Gasteiger charge is 2.49. The van der Waals surface area contributed by atoms with Crippen molar-refractivity contribution >= 4 is 11.9 Å². The lowest BCUT2D eigenvalue weighted by Crippen LogP contribution is -2.31. The molecule has 0 N–H and O–H groups in total. The zero-order chi connectivity index (χ0) is 16.8. The molecule has 0 bridgehead atoms. The van der Waals surface area contributed by atoms with E-state index in [1.165, 1.54) is 27.9 Å². The van der Waals surface area contributed by atoms with Gasteiger partial charge in [-0.25, -0.2) is 0 Å². The third-order valence-corrected chi connectivity index (χ3v) is 5.18. The summed E-state index contributed by atoms with van der Waals surface area (Å²) in [4.78, 5) is 0. The maximum absolute atomic E-state index is 2.52. The number of hydrogen-bond donors (Lipinski definition) is 0. The summed E-state index contributed by atoms with van der Waals surface area (Å²) >= 11 is 0. The van der Waals surface area contributed by atoms with Gasteiger partial charge in [0, 0.05) is 31.4 Å². The fraction of sp³-hybridized carbons (Fsp3) is 0.409. The molecule has 0 radical (unpaired) electrons. The first-order valence-corrected chi connectivity index (χ1v) is 8.52. The van der Waals surface area contributed by atoms with E-state index in [4.69, 9.17) is 0 Å². The van der Waals surface area contributed by atoms with Gasteiger partial charge in [0.1, 0.15) is 0 Å². The van der Waals surface area contributed by atoms with E-state index >= 15 is 0 Å². The molecule has 0 amide bonds. The van der Waals surface area contributed by atoms with Crippen LogP contribution in [-0.2, 0) is 5.41 Å². The van der Waals surface area contributed by atoms with Gasteiger partial charge in [-0.05, 0) is 45.4 Å². The summed E-state index contributed by atoms with van der Waals surface area (Å²) in [6.45, 7) is 13.7. The first kappa shape index (κ1) is 16.0. The Morgan fingerprint density at radius 2 is 1.43 bits per heavy atom. The van der Waals surface area contributed by atoms with Crippen molar-refractivity contribution in [1.29, 1.82) is 0 Å². The fourth-order valence-corrected chi connectivity index (χ4v) is 4.40. The van der Waals surface area contributed by atoms with Crippen LogP contribution < -0.4 is 0 Å². The molecule has 1 unspecified atom stereocenters. The second-order valence-corrected chi connectivity index (χ2v) is 8.02. The molecule has 0 fully saturated rings. The van der Waals surface area contributed by atoms with E-state index in [0.717, 1.165) is 6.42 Å². The summed E-state index contributed by atoms with van der Waals surface area (Å²) in [6, 6.07) is 15.5. The molecular formula is C22H28N+. The summed E-state index contributed by atoms with van der Waals surface area (Å²) in [5.41, 5.74) is 7.03. The molecule has 0 saturated heterocycles. The van der Waals surface area contributed by atoms with Gasteiger partial charge in [0.15, 0.2) is 11.8 Å². The number of benzene rings is 2. The Hall–Kier alpha value is -1.89. The molecule has 0 saturated carbocycles. The lowest BCUT2D eigenvalue weighted by molar-refractivity contribution is -0.512. The lowest BCUT2D eigenvalue weighted by atomic mass is 9.77. The Morgan fingerprint density at radius 3 is 2.00 bits per heavy atom. The number of rotatable bonds is 2. The van der Waals surface area contributed by atoms with Crippen LogP contribution in [0.1, 0.15) is 49.4 Å². The van der Waals surface area contributed by atoms with Gasteiger partial charge in [0.25, 0.3) is 0 Å². The number of nitrogens with zero attached hydrogens (tertiary/aromatic N) is 1. The molecular weight excluding hydrogens is 278 g/mol. The van der Waals surface area contributed by atoms with Crippen LogP contribution in [0.4, 0.5) is 5.69 Å². The zero-order valence-electron chi connectivity index (χ0n) is 15.3. The van der Waals surface area contributed by atoms with Gasteiger partial charge in [0.2, 0.25) is 5.69 Å². The molecule has 1 aliphatic rings. The second kappa shape index (κ2) is 5.33. The molecule has 1 heterocycles. The maximum Gasteiger partial charge on any atom is 0.211 e. The molecule has 23 heavy (non-hydrogen) atoms. The van der Waals surface area contributed by atoms with E-state index in [-0.39, 0.29) is 11.0 Å². The third kappa shape index (κ3) is 2.73. The first-order valence-electron chi connectivity index (χ1n) is 8.52. The van der Waals surface area contributed by atoms with Crippen molar-refractivity contribution in [2.24, 2.45) is 0 Å². The molecule has 2 aromatic carbocycles. The number of hydrogen-bond acceptors (Lipinski definition) is 0. The molecule has 120 valence electrons. The Labute approximate surface area is 140 Å². The highest BCUT2D eigenvalue weighted by molar-refractivity contribution is 5.73. The van der Waals surface area contributed by atoms with Gasteiger partial charge in [-0.1, -0.05) is 35.9 Å². The van der Waals surface area contributed by atoms with Gasteiger partial charge in [0.05, 0.1) is 5.41 Å². The molecule has 0 aliphatic carbocycles. The summed E-state index contributed by atoms with van der Waals surface area (Å²) in [6.07, 6.45) is 3.57. The van der Waals surface area contributed by atoms with Crippen molar-refractivity contribution in [2.45, 2.75) is 58.9 Å². The smallest absolute Gasteiger partial charge is 0.197 e. The minimum absolute atomic E-state index is 0.0779. The van der Waals surface area contributed by atoms with Gasteiger partial charge < -0.3 is 0 Å². The zero-order valence-corrected chi connectivity index (χ0v) is 15.3. The molecule has 1 aliphatic heterocycles. The SMILES string of the molecule is Cc1cc(C)c([N+]2=CC(C)(c3ccccc3)CC2(C)C)c(C)c1. The Kier molecular flexibility index (Phi) is 3.71. The third-order valence-electron chi connectivity index (χ3n) is 5.18. The molecule has 1 atom stereocenters. The summed E-state index contributed by atoms with van der Waals surface area (Å²) in [5, 5.41) is 0. The Balaban J connectivity index is 2.17. The van der Waals surface area contributed by atoms with Gasteiger partial charge in [-0.2, -0.15) is 4.58 Å². The fourth-order valence-electron chi connectivity index (χ4n) is 4.40. The standard InChI is InChI=1S/C22H28N/c1-16-12-17(2)20(18(3)13-16)23-15-22(6,14-21(23,4)5)19-10-8-7-9-11-19/h7-13,15H,14H2,1-6H3/q+1. The van der Waals surface area contributed by atoms with Gasteiger partial charge in [-0.3, -0.25) is 0 Å². The average Bonchev–Trinajstić information content (AvgIpc) is 2.70. The molecule has 1 nitrogen and oxygen atoms in total. The van der Waals surface area contributed by atoms with Gasteiger partial charge >= 0.3 is 0 Å². The van der Waals surface area contributed by atoms with Crippen LogP contribution in [0.15, 0.2) is 42.5 Å². The van der Waals surface area contributed by atoms with Gasteiger partial charge in [-0.15, -0.1) is 0 Å². The van der Waals surface area contributed by atoms with Crippen LogP contribution in [0, 0.1) is 20.8 Å². The minimum Gasteiger partial charge on any atom is -0.197 e. The predicted molar refractivity (Wildman–Crippen MR) is 99.1 cm³/mol. The maximum atomic E-state index is 2.52. The summed E-state index contributed by atoms with van der Waals surface area (Å²) < 4.78 is 2.52. The average molecular weight is 306 g/mol. The monoisotopic (exact) mass is 306 g/mol. The van der Waals surface area contributed by atoms with Crippen molar-refractivity contribution in [2.75, 3.05) is 0 Å². The highest BCUT2D eigenvalue weighted by atomic mass is 15.1. The topological polar surface area (TPSA) is 3.01 Å². The van der Waals surface area contributed by atoms with Crippen LogP contribution in [0.25, 0.3) is 0 Å². The Morgan fingerprint density at radius 1 is 0.870 bits per heavy atom. The van der Waals surface area contributed by atoms with Crippen molar-refractivity contribution in [3.63, 3.8) is 0 Å². The van der Waals surface area contributed by atoms with Crippen molar-refractivity contribution < 1.29 is 4.58 Å². The van der Waals surface area contributed by atoms with Crippen molar-refractivity contribution in [1.82, 2.24) is 0 Å². The van der Waals surface area contributed by atoms with Crippen LogP contribution in [0.5, 0.6) is 0 Å². The summed E-state index contributed by atoms with van der Waals surface area (Å²) in [7, 11) is 0. The van der Waals surface area contributed by atoms with E-state index in [0.29, 0.717) is 0 Å². The minimum atomic E-state index is 0.0779. The largest absolute Gasteiger partial charge is 0.211 e. The van der Waals surface area contributed by atoms with Crippen molar-refractivity contribution in [3.8, 4) is 0 Å². The van der Waals surface area contributed by atoms with E-state index in [1.54, 1.807) is 0 Å². The van der Waals surface area contributed by atoms with E-state index in [9.17, 15) is 0 Å². The van der Waals surface area contributed by atoms with E-state index < -0.39 is 0 Å². The Bertz CT molecular complexity index is 745. The lowest BCUT2D eigenvalue weighted by Gasteiger charge is -2.23. The number of aryl methyl sites for hydroxylation is 3.